The number of nitrogens with zero attached hydrogens (tertiary/aromatic N) is 3. The number of rotatable bonds is 2. The normalized spacial score (nSPS) is 15.4. The number of hydrogen-bond acceptors (Lipinski definition) is 3. The van der Waals surface area contributed by atoms with Crippen LogP contribution in [0.4, 0.5) is 0 Å². The first-order chi connectivity index (χ1) is 12.6. The first kappa shape index (κ1) is 17.0. The van der Waals surface area contributed by atoms with Gasteiger partial charge >= 0.3 is 0 Å². The molecule has 3 aromatic rings. The molecule has 1 aliphatic heterocycles. The van der Waals surface area contributed by atoms with Crippen molar-refractivity contribution in [3.8, 4) is 11.3 Å². The Kier molecular flexibility index (Phi) is 4.62. The Morgan fingerprint density at radius 3 is 2.46 bits per heavy atom. The SMILES string of the molecule is CN1CCN(C(=O)c2cc(-c3ccccc3)nc3c(Cl)cccc23)CC1. The van der Waals surface area contributed by atoms with Gasteiger partial charge in [-0.2, -0.15) is 0 Å². The van der Waals surface area contributed by atoms with E-state index in [1.807, 2.05) is 59.5 Å². The van der Waals surface area contributed by atoms with E-state index in [2.05, 4.69) is 11.9 Å². The quantitative estimate of drug-likeness (QED) is 0.690. The van der Waals surface area contributed by atoms with Crippen LogP contribution >= 0.6 is 11.6 Å². The van der Waals surface area contributed by atoms with E-state index in [1.165, 1.54) is 0 Å². The third-order valence-corrected chi connectivity index (χ3v) is 5.19. The van der Waals surface area contributed by atoms with Crippen LogP contribution < -0.4 is 0 Å². The van der Waals surface area contributed by atoms with Gasteiger partial charge in [-0.25, -0.2) is 4.98 Å². The second-order valence-corrected chi connectivity index (χ2v) is 7.06. The number of hydrogen-bond donors (Lipinski definition) is 0. The van der Waals surface area contributed by atoms with Crippen molar-refractivity contribution in [1.82, 2.24) is 14.8 Å². The van der Waals surface area contributed by atoms with Gasteiger partial charge in [0.25, 0.3) is 5.91 Å². The zero-order valence-electron chi connectivity index (χ0n) is 14.7. The summed E-state index contributed by atoms with van der Waals surface area (Å²) in [6.45, 7) is 3.25. The van der Waals surface area contributed by atoms with E-state index in [-0.39, 0.29) is 5.91 Å². The van der Waals surface area contributed by atoms with E-state index in [1.54, 1.807) is 0 Å². The van der Waals surface area contributed by atoms with E-state index >= 15 is 0 Å². The number of likely N-dealkylation sites (N-methyl/N-ethyl adjacent to an activating group) is 1. The molecule has 0 bridgehead atoms. The fraction of sp³-hybridized carbons (Fsp3) is 0.238. The Morgan fingerprint density at radius 2 is 1.73 bits per heavy atom. The molecule has 5 heteroatoms. The minimum atomic E-state index is 0.0462. The van der Waals surface area contributed by atoms with Crippen molar-refractivity contribution in [2.45, 2.75) is 0 Å². The van der Waals surface area contributed by atoms with Crippen molar-refractivity contribution in [1.29, 1.82) is 0 Å². The van der Waals surface area contributed by atoms with Crippen LogP contribution in [0.5, 0.6) is 0 Å². The Balaban J connectivity index is 1.84. The van der Waals surface area contributed by atoms with Crippen LogP contribution in [-0.2, 0) is 0 Å². The van der Waals surface area contributed by atoms with Crippen LogP contribution in [0.2, 0.25) is 5.02 Å². The predicted octanol–water partition coefficient (Wildman–Crippen LogP) is 3.94. The van der Waals surface area contributed by atoms with E-state index in [9.17, 15) is 4.79 Å². The summed E-state index contributed by atoms with van der Waals surface area (Å²) in [5.74, 6) is 0.0462. The molecule has 0 radical (unpaired) electrons. The number of piperazine rings is 1. The van der Waals surface area contributed by atoms with Crippen LogP contribution in [0.15, 0.2) is 54.6 Å². The molecule has 2 heterocycles. The summed E-state index contributed by atoms with van der Waals surface area (Å²) < 4.78 is 0. The van der Waals surface area contributed by atoms with Crippen molar-refractivity contribution in [2.75, 3.05) is 33.2 Å². The van der Waals surface area contributed by atoms with E-state index < -0.39 is 0 Å². The maximum atomic E-state index is 13.3. The fourth-order valence-electron chi connectivity index (χ4n) is 3.33. The first-order valence-electron chi connectivity index (χ1n) is 8.76. The maximum absolute atomic E-state index is 13.3. The molecule has 2 aromatic carbocycles. The molecule has 26 heavy (non-hydrogen) atoms. The van der Waals surface area contributed by atoms with Crippen molar-refractivity contribution >= 4 is 28.4 Å². The van der Waals surface area contributed by atoms with Crippen LogP contribution in [0.25, 0.3) is 22.2 Å². The highest BCUT2D eigenvalue weighted by molar-refractivity contribution is 6.35. The van der Waals surface area contributed by atoms with Crippen molar-refractivity contribution in [2.24, 2.45) is 0 Å². The third-order valence-electron chi connectivity index (χ3n) is 4.88. The molecule has 1 aliphatic rings. The molecular weight excluding hydrogens is 346 g/mol. The Hall–Kier alpha value is -2.43. The highest BCUT2D eigenvalue weighted by atomic mass is 35.5. The predicted molar refractivity (Wildman–Crippen MR) is 106 cm³/mol. The summed E-state index contributed by atoms with van der Waals surface area (Å²) in [4.78, 5) is 22.1. The summed E-state index contributed by atoms with van der Waals surface area (Å²) >= 11 is 6.40. The van der Waals surface area contributed by atoms with Gasteiger partial charge in [0, 0.05) is 37.1 Å². The zero-order valence-corrected chi connectivity index (χ0v) is 15.4. The van der Waals surface area contributed by atoms with Gasteiger partial charge < -0.3 is 9.80 Å². The maximum Gasteiger partial charge on any atom is 0.254 e. The monoisotopic (exact) mass is 365 g/mol. The second-order valence-electron chi connectivity index (χ2n) is 6.65. The van der Waals surface area contributed by atoms with Gasteiger partial charge in [-0.1, -0.05) is 54.1 Å². The number of para-hydroxylation sites is 1. The standard InChI is InChI=1S/C21H20ClN3O/c1-24-10-12-25(13-11-24)21(26)17-14-19(15-6-3-2-4-7-15)23-20-16(17)8-5-9-18(20)22/h2-9,14H,10-13H2,1H3. The molecule has 1 aromatic heterocycles. The van der Waals surface area contributed by atoms with Crippen LogP contribution in [-0.4, -0.2) is 53.9 Å². The molecular formula is C21H20ClN3O. The minimum absolute atomic E-state index is 0.0462. The lowest BCUT2D eigenvalue weighted by Crippen LogP contribution is -2.47. The molecule has 1 saturated heterocycles. The van der Waals surface area contributed by atoms with Crippen molar-refractivity contribution in [3.63, 3.8) is 0 Å². The number of aromatic nitrogens is 1. The number of pyridine rings is 1. The van der Waals surface area contributed by atoms with Gasteiger partial charge in [0.05, 0.1) is 21.8 Å². The van der Waals surface area contributed by atoms with E-state index in [4.69, 9.17) is 16.6 Å². The van der Waals surface area contributed by atoms with Gasteiger partial charge in [-0.05, 0) is 19.2 Å². The largest absolute Gasteiger partial charge is 0.336 e. The number of carbonyl (C=O) groups is 1. The highest BCUT2D eigenvalue weighted by Crippen LogP contribution is 2.30. The minimum Gasteiger partial charge on any atom is -0.336 e. The van der Waals surface area contributed by atoms with Gasteiger partial charge in [0.2, 0.25) is 0 Å². The summed E-state index contributed by atoms with van der Waals surface area (Å²) in [7, 11) is 2.08. The number of halogens is 1. The number of amides is 1. The fourth-order valence-corrected chi connectivity index (χ4v) is 3.54. The molecule has 0 aliphatic carbocycles. The first-order valence-corrected chi connectivity index (χ1v) is 9.14. The molecule has 1 fully saturated rings. The van der Waals surface area contributed by atoms with Gasteiger partial charge in [-0.3, -0.25) is 4.79 Å². The molecule has 0 unspecified atom stereocenters. The molecule has 0 atom stereocenters. The van der Waals surface area contributed by atoms with Crippen molar-refractivity contribution in [3.05, 3.63) is 65.2 Å². The lowest BCUT2D eigenvalue weighted by atomic mass is 10.0. The Labute approximate surface area is 158 Å². The second kappa shape index (κ2) is 7.06. The zero-order chi connectivity index (χ0) is 18.1. The van der Waals surface area contributed by atoms with E-state index in [0.29, 0.717) is 16.1 Å². The Morgan fingerprint density at radius 1 is 1.00 bits per heavy atom. The average Bonchev–Trinajstić information content (AvgIpc) is 2.68. The van der Waals surface area contributed by atoms with Gasteiger partial charge in [-0.15, -0.1) is 0 Å². The number of benzene rings is 2. The smallest absolute Gasteiger partial charge is 0.254 e. The molecule has 0 spiro atoms. The molecule has 0 N–H and O–H groups in total. The third kappa shape index (κ3) is 3.18. The summed E-state index contributed by atoms with van der Waals surface area (Å²) in [6, 6.07) is 17.4. The summed E-state index contributed by atoms with van der Waals surface area (Å²) in [5, 5.41) is 1.37. The lowest BCUT2D eigenvalue weighted by Gasteiger charge is -2.32. The van der Waals surface area contributed by atoms with Crippen LogP contribution in [0, 0.1) is 0 Å². The Bertz CT molecular complexity index is 950. The molecule has 1 amide bonds. The van der Waals surface area contributed by atoms with Gasteiger partial charge in [0.15, 0.2) is 0 Å². The lowest BCUT2D eigenvalue weighted by molar-refractivity contribution is 0.0666. The topological polar surface area (TPSA) is 36.4 Å². The van der Waals surface area contributed by atoms with Gasteiger partial charge in [0.1, 0.15) is 0 Å². The number of carbonyl (C=O) groups excluding carboxylic acids is 1. The average molecular weight is 366 g/mol. The van der Waals surface area contributed by atoms with E-state index in [0.717, 1.165) is 42.8 Å². The summed E-state index contributed by atoms with van der Waals surface area (Å²) in [6.07, 6.45) is 0. The van der Waals surface area contributed by atoms with Crippen LogP contribution in [0.1, 0.15) is 10.4 Å². The molecule has 132 valence electrons. The van der Waals surface area contributed by atoms with Crippen molar-refractivity contribution < 1.29 is 4.79 Å². The molecule has 4 nitrogen and oxygen atoms in total. The summed E-state index contributed by atoms with van der Waals surface area (Å²) in [5.41, 5.74) is 3.08. The number of fused-ring (bicyclic) bond motifs is 1. The molecule has 4 rings (SSSR count). The van der Waals surface area contributed by atoms with Crippen LogP contribution in [0.3, 0.4) is 0 Å². The highest BCUT2D eigenvalue weighted by Gasteiger charge is 2.23. The molecule has 0 saturated carbocycles.